The van der Waals surface area contributed by atoms with Gasteiger partial charge in [-0.1, -0.05) is 6.92 Å². The lowest BCUT2D eigenvalue weighted by molar-refractivity contribution is -0.163. The summed E-state index contributed by atoms with van der Waals surface area (Å²) in [6.07, 6.45) is 0.277. The summed E-state index contributed by atoms with van der Waals surface area (Å²) in [5, 5.41) is 24.2. The smallest absolute Gasteiger partial charge is 0.353 e. The van der Waals surface area contributed by atoms with Crippen LogP contribution in [0.2, 0.25) is 0 Å². The fourth-order valence-corrected chi connectivity index (χ4v) is 5.75. The third-order valence-electron chi connectivity index (χ3n) is 4.83. The van der Waals surface area contributed by atoms with Gasteiger partial charge in [-0.2, -0.15) is 8.42 Å². The molecule has 0 spiro atoms. The molecular weight excluding hydrogens is 384 g/mol. The number of hydrogen-bond acceptors (Lipinski definition) is 7. The molecule has 0 radical (unpaired) electrons. The molecule has 1 unspecified atom stereocenters. The third-order valence-corrected chi connectivity index (χ3v) is 7.18. The third kappa shape index (κ3) is 3.00. The van der Waals surface area contributed by atoms with Gasteiger partial charge in [0.05, 0.1) is 31.2 Å². The molecule has 3 rings (SSSR count). The Morgan fingerprint density at radius 3 is 2.69 bits per heavy atom. The van der Waals surface area contributed by atoms with Crippen molar-refractivity contribution in [3.8, 4) is 0 Å². The molecule has 0 aliphatic carbocycles. The highest BCUT2D eigenvalue weighted by molar-refractivity contribution is 8.03. The number of amides is 1. The van der Waals surface area contributed by atoms with Crippen molar-refractivity contribution in [3.05, 3.63) is 10.6 Å². The van der Waals surface area contributed by atoms with Gasteiger partial charge in [0.25, 0.3) is 10.2 Å². The molecule has 3 aliphatic rings. The monoisotopic (exact) mass is 404 g/mol. The second-order valence-corrected chi connectivity index (χ2v) is 9.45. The molecule has 12 heteroatoms. The molecular formula is C14H20N4O6S2. The molecule has 1 fully saturated rings. The Morgan fingerprint density at radius 2 is 2.15 bits per heavy atom. The Kier molecular flexibility index (Phi) is 4.80. The van der Waals surface area contributed by atoms with Crippen LogP contribution in [-0.2, 0) is 19.8 Å². The Labute approximate surface area is 154 Å². The van der Waals surface area contributed by atoms with Crippen molar-refractivity contribution in [1.29, 1.82) is 0 Å². The minimum absolute atomic E-state index is 0.0641. The number of aliphatic imine (C=N–C) groups is 1. The standard InChI is InChI=1S/C14H20N4O6S2/c1-6-10-9(7(2)19)13(20)18(10)11(14(21)22)12(6)25-8-3-16-5-17(4-8)26(15,23)24/h5-10,19H,3-4H2,1-2H3,(H,21,22)(H2,15,23,24)/t6-,7-,8?,9-,10-/m1/s1. The number of aliphatic hydroxyl groups excluding tert-OH is 1. The molecule has 0 bridgehead atoms. The van der Waals surface area contributed by atoms with Gasteiger partial charge in [0.1, 0.15) is 12.0 Å². The van der Waals surface area contributed by atoms with E-state index in [1.54, 1.807) is 6.92 Å². The molecule has 26 heavy (non-hydrogen) atoms. The Bertz CT molecular complexity index is 808. The second-order valence-electron chi connectivity index (χ2n) is 6.61. The maximum Gasteiger partial charge on any atom is 0.353 e. The zero-order chi connectivity index (χ0) is 19.4. The van der Waals surface area contributed by atoms with Gasteiger partial charge in [-0.25, -0.2) is 14.2 Å². The van der Waals surface area contributed by atoms with E-state index >= 15 is 0 Å². The minimum Gasteiger partial charge on any atom is -0.477 e. The van der Waals surface area contributed by atoms with Gasteiger partial charge in [0, 0.05) is 16.1 Å². The van der Waals surface area contributed by atoms with Gasteiger partial charge in [-0.3, -0.25) is 9.79 Å². The quantitative estimate of drug-likeness (QED) is 0.486. The van der Waals surface area contributed by atoms with Crippen molar-refractivity contribution in [2.45, 2.75) is 31.2 Å². The zero-order valence-electron chi connectivity index (χ0n) is 14.1. The fraction of sp³-hybridized carbons (Fsp3) is 0.643. The summed E-state index contributed by atoms with van der Waals surface area (Å²) in [6, 6.07) is -0.405. The number of nitrogens with two attached hydrogens (primary N) is 1. The van der Waals surface area contributed by atoms with Gasteiger partial charge in [0.2, 0.25) is 5.91 Å². The second kappa shape index (κ2) is 6.51. The number of aliphatic carboxylic acids is 1. The van der Waals surface area contributed by atoms with E-state index in [0.29, 0.717) is 11.4 Å². The molecule has 5 atom stereocenters. The van der Waals surface area contributed by atoms with Gasteiger partial charge >= 0.3 is 5.97 Å². The van der Waals surface area contributed by atoms with E-state index in [1.807, 2.05) is 0 Å². The first-order valence-corrected chi connectivity index (χ1v) is 10.4. The molecule has 3 heterocycles. The van der Waals surface area contributed by atoms with Crippen LogP contribution in [0.5, 0.6) is 0 Å². The number of β-lactam (4-membered cyclic amide) rings is 1. The lowest BCUT2D eigenvalue weighted by Gasteiger charge is -2.46. The Morgan fingerprint density at radius 1 is 1.50 bits per heavy atom. The number of rotatable bonds is 5. The summed E-state index contributed by atoms with van der Waals surface area (Å²) < 4.78 is 23.9. The van der Waals surface area contributed by atoms with Gasteiger partial charge in [0.15, 0.2) is 0 Å². The van der Waals surface area contributed by atoms with Gasteiger partial charge in [-0.15, -0.1) is 11.8 Å². The average molecular weight is 404 g/mol. The number of carboxylic acids is 1. The SMILES string of the molecule is C[C@@H](O)[C@H]1C(=O)N2C(C(=O)O)=C(SC3CN=CN(S(N)(=O)=O)C3)[C@H](C)[C@H]12. The van der Waals surface area contributed by atoms with Crippen LogP contribution in [0.1, 0.15) is 13.8 Å². The zero-order valence-corrected chi connectivity index (χ0v) is 15.8. The number of thioether (sulfide) groups is 1. The lowest BCUT2D eigenvalue weighted by Crippen LogP contribution is -2.63. The normalized spacial score (nSPS) is 32.5. The number of fused-ring (bicyclic) bond motifs is 1. The first kappa shape index (κ1) is 19.1. The summed E-state index contributed by atoms with van der Waals surface area (Å²) in [7, 11) is -3.93. The maximum absolute atomic E-state index is 12.3. The first-order valence-electron chi connectivity index (χ1n) is 7.98. The van der Waals surface area contributed by atoms with Crippen molar-refractivity contribution in [2.24, 2.45) is 22.0 Å². The van der Waals surface area contributed by atoms with E-state index in [-0.39, 0.29) is 23.4 Å². The van der Waals surface area contributed by atoms with Crippen LogP contribution in [-0.4, -0.2) is 76.5 Å². The predicted octanol–water partition coefficient (Wildman–Crippen LogP) is -1.21. The van der Waals surface area contributed by atoms with Crippen LogP contribution in [0.4, 0.5) is 0 Å². The number of hydrogen-bond donors (Lipinski definition) is 3. The molecule has 0 aromatic heterocycles. The topological polar surface area (TPSA) is 154 Å². The summed E-state index contributed by atoms with van der Waals surface area (Å²) in [4.78, 5) is 29.8. The first-order chi connectivity index (χ1) is 12.0. The largest absolute Gasteiger partial charge is 0.477 e. The van der Waals surface area contributed by atoms with Gasteiger partial charge in [-0.05, 0) is 6.92 Å². The molecule has 144 valence electrons. The highest BCUT2D eigenvalue weighted by Crippen LogP contribution is 2.51. The Balaban J connectivity index is 1.86. The number of carbonyl (C=O) groups is 2. The van der Waals surface area contributed by atoms with E-state index in [4.69, 9.17) is 5.14 Å². The van der Waals surface area contributed by atoms with Crippen molar-refractivity contribution < 1.29 is 28.2 Å². The highest BCUT2D eigenvalue weighted by Gasteiger charge is 2.60. The van der Waals surface area contributed by atoms with Crippen molar-refractivity contribution in [3.63, 3.8) is 0 Å². The van der Waals surface area contributed by atoms with Crippen LogP contribution < -0.4 is 5.14 Å². The molecule has 1 saturated heterocycles. The predicted molar refractivity (Wildman–Crippen MR) is 94.2 cm³/mol. The van der Waals surface area contributed by atoms with E-state index in [1.165, 1.54) is 23.6 Å². The van der Waals surface area contributed by atoms with Crippen LogP contribution in [0.15, 0.2) is 15.6 Å². The Hall–Kier alpha value is -1.63. The van der Waals surface area contributed by atoms with E-state index < -0.39 is 40.1 Å². The molecule has 0 aromatic carbocycles. The number of carbonyl (C=O) groups excluding carboxylic acids is 1. The molecule has 0 saturated carbocycles. The van der Waals surface area contributed by atoms with Crippen LogP contribution >= 0.6 is 11.8 Å². The van der Waals surface area contributed by atoms with Crippen molar-refractivity contribution in [2.75, 3.05) is 13.1 Å². The lowest BCUT2D eigenvalue weighted by atomic mass is 9.79. The average Bonchev–Trinajstić information content (AvgIpc) is 2.76. The van der Waals surface area contributed by atoms with Gasteiger partial charge < -0.3 is 15.1 Å². The van der Waals surface area contributed by atoms with Crippen LogP contribution in [0.25, 0.3) is 0 Å². The summed E-state index contributed by atoms with van der Waals surface area (Å²) in [5.74, 6) is -2.54. The van der Waals surface area contributed by atoms with E-state index in [2.05, 4.69) is 4.99 Å². The molecule has 1 amide bonds. The maximum atomic E-state index is 12.3. The van der Waals surface area contributed by atoms with Crippen LogP contribution in [0, 0.1) is 11.8 Å². The highest BCUT2D eigenvalue weighted by atomic mass is 32.2. The molecule has 10 nitrogen and oxygen atoms in total. The van der Waals surface area contributed by atoms with Crippen molar-refractivity contribution in [1.82, 2.24) is 9.21 Å². The summed E-state index contributed by atoms with van der Waals surface area (Å²) in [5.41, 5.74) is -0.0916. The van der Waals surface area contributed by atoms with E-state index in [9.17, 15) is 28.2 Å². The number of nitrogens with zero attached hydrogens (tertiary/aromatic N) is 3. The van der Waals surface area contributed by atoms with Crippen LogP contribution in [0.3, 0.4) is 0 Å². The van der Waals surface area contributed by atoms with Crippen molar-refractivity contribution >= 4 is 40.2 Å². The molecule has 3 aliphatic heterocycles. The minimum atomic E-state index is -3.93. The molecule has 0 aromatic rings. The van der Waals surface area contributed by atoms with E-state index in [0.717, 1.165) is 10.6 Å². The number of carboxylic acid groups (broad SMARTS) is 1. The summed E-state index contributed by atoms with van der Waals surface area (Å²) in [6.45, 7) is 3.69. The number of aliphatic hydroxyl groups is 1. The molecule has 4 N–H and O–H groups in total. The fourth-order valence-electron chi connectivity index (χ4n) is 3.66. The summed E-state index contributed by atoms with van der Waals surface area (Å²) >= 11 is 1.20.